The van der Waals surface area contributed by atoms with Crippen LogP contribution in [0.2, 0.25) is 0 Å². The molecule has 0 unspecified atom stereocenters. The van der Waals surface area contributed by atoms with Crippen molar-refractivity contribution in [2.45, 2.75) is 65.4 Å². The lowest BCUT2D eigenvalue weighted by Crippen LogP contribution is -2.23. The minimum absolute atomic E-state index is 0.0983. The summed E-state index contributed by atoms with van der Waals surface area (Å²) in [7, 11) is 0. The number of fused-ring (bicyclic) bond motifs is 3. The van der Waals surface area contributed by atoms with Gasteiger partial charge in [-0.15, -0.1) is 0 Å². The Balaban J connectivity index is 1.87. The van der Waals surface area contributed by atoms with E-state index in [1.165, 1.54) is 5.56 Å². The van der Waals surface area contributed by atoms with Gasteiger partial charge in [-0.05, 0) is 51.3 Å². The molecule has 0 atom stereocenters. The molecule has 0 fully saturated rings. The molecule has 0 saturated carbocycles. The number of esters is 1. The van der Waals surface area contributed by atoms with Crippen molar-refractivity contribution in [2.24, 2.45) is 0 Å². The van der Waals surface area contributed by atoms with Gasteiger partial charge >= 0.3 is 5.97 Å². The molecule has 0 spiro atoms. The number of aryl methyl sites for hydroxylation is 1. The molecule has 26 heavy (non-hydrogen) atoms. The molecule has 1 N–H and O–H groups in total. The van der Waals surface area contributed by atoms with Gasteiger partial charge in [-0.2, -0.15) is 0 Å². The molecule has 0 aliphatic carbocycles. The maximum Gasteiger partial charge on any atom is 0.306 e. The van der Waals surface area contributed by atoms with Crippen LogP contribution in [0.1, 0.15) is 68.6 Å². The third-order valence-corrected chi connectivity index (χ3v) is 4.57. The van der Waals surface area contributed by atoms with Crippen molar-refractivity contribution >= 4 is 22.7 Å². The van der Waals surface area contributed by atoms with Crippen LogP contribution >= 0.6 is 0 Å². The fourth-order valence-corrected chi connectivity index (χ4v) is 3.53. The van der Waals surface area contributed by atoms with E-state index in [0.717, 1.165) is 28.6 Å². The van der Waals surface area contributed by atoms with Crippen molar-refractivity contribution < 1.29 is 19.1 Å². The Hall–Kier alpha value is -2.30. The van der Waals surface area contributed by atoms with Crippen molar-refractivity contribution in [2.75, 3.05) is 6.61 Å². The van der Waals surface area contributed by atoms with Gasteiger partial charge in [0.05, 0.1) is 12.3 Å². The molecular weight excluding hydrogens is 330 g/mol. The van der Waals surface area contributed by atoms with Crippen molar-refractivity contribution in [3.05, 3.63) is 29.0 Å². The Morgan fingerprint density at radius 3 is 2.73 bits per heavy atom. The molecule has 1 aromatic heterocycles. The molecule has 5 heteroatoms. The molecule has 1 aliphatic heterocycles. The molecule has 1 aliphatic rings. The molecule has 2 heterocycles. The summed E-state index contributed by atoms with van der Waals surface area (Å²) in [4.78, 5) is 27.7. The Labute approximate surface area is 154 Å². The minimum Gasteiger partial charge on any atom is -0.493 e. The predicted molar refractivity (Wildman–Crippen MR) is 101 cm³/mol. The van der Waals surface area contributed by atoms with E-state index >= 15 is 0 Å². The van der Waals surface area contributed by atoms with Gasteiger partial charge < -0.3 is 14.5 Å². The average molecular weight is 357 g/mol. The van der Waals surface area contributed by atoms with Crippen LogP contribution in [0.15, 0.2) is 12.1 Å². The summed E-state index contributed by atoms with van der Waals surface area (Å²) < 4.78 is 11.1. The van der Waals surface area contributed by atoms with Crippen molar-refractivity contribution in [3.8, 4) is 5.75 Å². The number of nitrogens with one attached hydrogen (secondary N) is 1. The number of hydrogen-bond donors (Lipinski definition) is 1. The average Bonchev–Trinajstić information content (AvgIpc) is 3.16. The number of H-pyrrole nitrogens is 1. The molecule has 140 valence electrons. The van der Waals surface area contributed by atoms with Crippen LogP contribution in [0, 0.1) is 0 Å². The maximum atomic E-state index is 12.4. The van der Waals surface area contributed by atoms with Gasteiger partial charge in [-0.25, -0.2) is 0 Å². The number of aromatic nitrogens is 1. The van der Waals surface area contributed by atoms with Crippen molar-refractivity contribution in [1.29, 1.82) is 0 Å². The molecule has 5 nitrogen and oxygen atoms in total. The van der Waals surface area contributed by atoms with Crippen LogP contribution in [0.5, 0.6) is 5.75 Å². The van der Waals surface area contributed by atoms with Crippen LogP contribution in [-0.4, -0.2) is 28.9 Å². The second kappa shape index (κ2) is 7.14. The number of ether oxygens (including phenoxy) is 2. The standard InChI is InChI=1S/C21H27NO4/c1-5-16(23)20-14(7-6-8-18(24)26-21(2,3)4)19-13-11-12-25-17(13)10-9-15(19)22-20/h9-10,22H,5-8,11-12H2,1-4H3. The molecular formula is C21H27NO4. The summed E-state index contributed by atoms with van der Waals surface area (Å²) in [5.74, 6) is 0.802. The summed E-state index contributed by atoms with van der Waals surface area (Å²) in [6.45, 7) is 8.14. The second-order valence-corrected chi connectivity index (χ2v) is 7.76. The highest BCUT2D eigenvalue weighted by Gasteiger charge is 2.24. The predicted octanol–water partition coefficient (Wildman–Crippen LogP) is 4.36. The fourth-order valence-electron chi connectivity index (χ4n) is 3.53. The zero-order chi connectivity index (χ0) is 18.9. The molecule has 0 bridgehead atoms. The van der Waals surface area contributed by atoms with E-state index in [4.69, 9.17) is 9.47 Å². The van der Waals surface area contributed by atoms with Crippen LogP contribution in [0.4, 0.5) is 0 Å². The van der Waals surface area contributed by atoms with E-state index in [0.29, 0.717) is 38.0 Å². The van der Waals surface area contributed by atoms with Gasteiger partial charge in [-0.1, -0.05) is 6.92 Å². The Bertz CT molecular complexity index is 842. The van der Waals surface area contributed by atoms with Gasteiger partial charge in [0.15, 0.2) is 5.78 Å². The van der Waals surface area contributed by atoms with Crippen LogP contribution < -0.4 is 4.74 Å². The highest BCUT2D eigenvalue weighted by Crippen LogP contribution is 2.36. The summed E-state index contributed by atoms with van der Waals surface area (Å²) in [5.41, 5.74) is 3.35. The first kappa shape index (κ1) is 18.5. The molecule has 3 rings (SSSR count). The third kappa shape index (κ3) is 3.76. The van der Waals surface area contributed by atoms with E-state index in [9.17, 15) is 9.59 Å². The zero-order valence-corrected chi connectivity index (χ0v) is 16.0. The molecule has 1 aromatic carbocycles. The number of ketones is 1. The van der Waals surface area contributed by atoms with Crippen LogP contribution in [-0.2, 0) is 22.4 Å². The van der Waals surface area contributed by atoms with Crippen molar-refractivity contribution in [3.63, 3.8) is 0 Å². The largest absolute Gasteiger partial charge is 0.493 e. The summed E-state index contributed by atoms with van der Waals surface area (Å²) in [6.07, 6.45) is 2.95. The van der Waals surface area contributed by atoms with Gasteiger partial charge in [-0.3, -0.25) is 9.59 Å². The van der Waals surface area contributed by atoms with E-state index in [-0.39, 0.29) is 11.8 Å². The Kier molecular flexibility index (Phi) is 5.08. The fraction of sp³-hybridized carbons (Fsp3) is 0.524. The molecule has 2 aromatic rings. The van der Waals surface area contributed by atoms with Gasteiger partial charge in [0, 0.05) is 35.7 Å². The molecule has 0 amide bonds. The lowest BCUT2D eigenvalue weighted by atomic mass is 9.97. The molecule has 0 saturated heterocycles. The number of carbonyl (C=O) groups is 2. The number of carbonyl (C=O) groups excluding carboxylic acids is 2. The zero-order valence-electron chi connectivity index (χ0n) is 16.0. The van der Waals surface area contributed by atoms with Gasteiger partial charge in [0.2, 0.25) is 0 Å². The summed E-state index contributed by atoms with van der Waals surface area (Å²) in [6, 6.07) is 3.94. The Morgan fingerprint density at radius 2 is 2.04 bits per heavy atom. The number of benzene rings is 1. The smallest absolute Gasteiger partial charge is 0.306 e. The number of aromatic amines is 1. The quantitative estimate of drug-likeness (QED) is 0.616. The van der Waals surface area contributed by atoms with E-state index in [2.05, 4.69) is 4.98 Å². The van der Waals surface area contributed by atoms with E-state index in [1.807, 2.05) is 39.8 Å². The first-order valence-corrected chi connectivity index (χ1v) is 9.34. The summed E-state index contributed by atoms with van der Waals surface area (Å²) >= 11 is 0. The lowest BCUT2D eigenvalue weighted by Gasteiger charge is -2.19. The second-order valence-electron chi connectivity index (χ2n) is 7.76. The Morgan fingerprint density at radius 1 is 1.27 bits per heavy atom. The lowest BCUT2D eigenvalue weighted by molar-refractivity contribution is -0.154. The molecule has 0 radical (unpaired) electrons. The van der Waals surface area contributed by atoms with Crippen LogP contribution in [0.3, 0.4) is 0 Å². The highest BCUT2D eigenvalue weighted by atomic mass is 16.6. The van der Waals surface area contributed by atoms with Crippen molar-refractivity contribution in [1.82, 2.24) is 4.98 Å². The highest BCUT2D eigenvalue weighted by molar-refractivity contribution is 6.03. The number of hydrogen-bond acceptors (Lipinski definition) is 4. The number of rotatable bonds is 6. The normalized spacial score (nSPS) is 13.5. The van der Waals surface area contributed by atoms with E-state index in [1.54, 1.807) is 0 Å². The first-order chi connectivity index (χ1) is 12.3. The minimum atomic E-state index is -0.473. The van der Waals surface area contributed by atoms with Crippen LogP contribution in [0.25, 0.3) is 10.9 Å². The summed E-state index contributed by atoms with van der Waals surface area (Å²) in [5, 5.41) is 1.10. The van der Waals surface area contributed by atoms with E-state index < -0.39 is 5.60 Å². The van der Waals surface area contributed by atoms with Gasteiger partial charge in [0.25, 0.3) is 0 Å². The first-order valence-electron chi connectivity index (χ1n) is 9.34. The van der Waals surface area contributed by atoms with Gasteiger partial charge in [0.1, 0.15) is 11.4 Å². The third-order valence-electron chi connectivity index (χ3n) is 4.57. The topological polar surface area (TPSA) is 68.4 Å². The number of Topliss-reactive ketones (excluding diaryl/α,β-unsaturated/α-hetero) is 1. The maximum absolute atomic E-state index is 12.4. The monoisotopic (exact) mass is 357 g/mol. The SMILES string of the molecule is CCC(=O)c1[nH]c2ccc3c(c2c1CCCC(=O)OC(C)(C)C)CCO3.